The fourth-order valence-electron chi connectivity index (χ4n) is 5.62. The zero-order chi connectivity index (χ0) is 24.7. The number of fused-ring (bicyclic) bond motifs is 1. The van der Waals surface area contributed by atoms with Gasteiger partial charge in [0.05, 0.1) is 29.5 Å². The van der Waals surface area contributed by atoms with Crippen molar-refractivity contribution in [3.05, 3.63) is 57.7 Å². The van der Waals surface area contributed by atoms with Crippen molar-refractivity contribution < 1.29 is 9.53 Å². The van der Waals surface area contributed by atoms with Gasteiger partial charge in [0.2, 0.25) is 0 Å². The molecule has 0 spiro atoms. The van der Waals surface area contributed by atoms with Crippen molar-refractivity contribution in [3.8, 4) is 0 Å². The molecule has 186 valence electrons. The number of piperidine rings is 1. The molecule has 1 aromatic heterocycles. The van der Waals surface area contributed by atoms with Gasteiger partial charge < -0.3 is 20.4 Å². The Labute approximate surface area is 212 Å². The van der Waals surface area contributed by atoms with E-state index in [2.05, 4.69) is 34.7 Å². The summed E-state index contributed by atoms with van der Waals surface area (Å²) in [5.74, 6) is 0.173. The topological polar surface area (TPSA) is 74.6 Å². The van der Waals surface area contributed by atoms with Crippen LogP contribution in [-0.4, -0.2) is 61.1 Å². The van der Waals surface area contributed by atoms with Crippen LogP contribution in [0.2, 0.25) is 5.02 Å². The van der Waals surface area contributed by atoms with Crippen molar-refractivity contribution in [2.24, 2.45) is 0 Å². The van der Waals surface area contributed by atoms with Crippen molar-refractivity contribution in [2.75, 3.05) is 50.0 Å². The Morgan fingerprint density at radius 3 is 2.51 bits per heavy atom. The van der Waals surface area contributed by atoms with Crippen LogP contribution in [0.5, 0.6) is 0 Å². The quantitative estimate of drug-likeness (QED) is 0.368. The molecule has 0 bridgehead atoms. The highest BCUT2D eigenvalue weighted by molar-refractivity contribution is 6.34. The van der Waals surface area contributed by atoms with Gasteiger partial charge in [0.15, 0.2) is 5.78 Å². The van der Waals surface area contributed by atoms with Crippen LogP contribution >= 0.6 is 11.6 Å². The van der Waals surface area contributed by atoms with Crippen molar-refractivity contribution in [1.29, 1.82) is 0 Å². The number of hydrogen-bond acceptors (Lipinski definition) is 5. The van der Waals surface area contributed by atoms with E-state index < -0.39 is 0 Å². The summed E-state index contributed by atoms with van der Waals surface area (Å²) in [5, 5.41) is 1.54. The number of nitrogens with zero attached hydrogens (tertiary/aromatic N) is 2. The van der Waals surface area contributed by atoms with Gasteiger partial charge in [-0.2, -0.15) is 0 Å². The Hall–Kier alpha value is -2.54. The zero-order valence-electron chi connectivity index (χ0n) is 20.9. The second kappa shape index (κ2) is 9.84. The molecule has 3 aromatic rings. The number of ketones is 1. The fraction of sp³-hybridized carbons (Fsp3) is 0.464. The van der Waals surface area contributed by atoms with Gasteiger partial charge in [-0.3, -0.25) is 9.69 Å². The summed E-state index contributed by atoms with van der Waals surface area (Å²) >= 11 is 6.82. The SMILES string of the molecule is Cc1cc(N2CCC(N3CCOCC3)CC2)c(Cl)cc1C(=O)c1c(C(C)C)[nH]c2cc(N)ccc12. The van der Waals surface area contributed by atoms with Gasteiger partial charge in [-0.1, -0.05) is 31.5 Å². The van der Waals surface area contributed by atoms with Gasteiger partial charge in [0.1, 0.15) is 0 Å². The van der Waals surface area contributed by atoms with Crippen molar-refractivity contribution in [2.45, 2.75) is 45.6 Å². The third-order valence-electron chi connectivity index (χ3n) is 7.56. The van der Waals surface area contributed by atoms with E-state index in [1.165, 1.54) is 0 Å². The molecule has 0 amide bonds. The van der Waals surface area contributed by atoms with Crippen LogP contribution in [0, 0.1) is 6.92 Å². The number of aryl methyl sites for hydroxylation is 1. The summed E-state index contributed by atoms with van der Waals surface area (Å²) in [6.07, 6.45) is 2.23. The van der Waals surface area contributed by atoms with Crippen LogP contribution in [0.3, 0.4) is 0 Å². The highest BCUT2D eigenvalue weighted by atomic mass is 35.5. The highest BCUT2D eigenvalue weighted by Gasteiger charge is 2.28. The lowest BCUT2D eigenvalue weighted by Gasteiger charge is -2.41. The summed E-state index contributed by atoms with van der Waals surface area (Å²) in [6.45, 7) is 11.9. The number of anilines is 2. The molecule has 6 nitrogen and oxygen atoms in total. The lowest BCUT2D eigenvalue weighted by molar-refractivity contribution is 0.0115. The molecule has 3 heterocycles. The van der Waals surface area contributed by atoms with Gasteiger partial charge >= 0.3 is 0 Å². The van der Waals surface area contributed by atoms with Gasteiger partial charge in [0.25, 0.3) is 0 Å². The number of aromatic amines is 1. The molecular formula is C28H35ClN4O2. The predicted octanol–water partition coefficient (Wildman–Crippen LogP) is 5.37. The molecule has 0 aliphatic carbocycles. The molecule has 0 atom stereocenters. The number of carbonyl (C=O) groups excluding carboxylic acids is 1. The predicted molar refractivity (Wildman–Crippen MR) is 144 cm³/mol. The van der Waals surface area contributed by atoms with Crippen LogP contribution in [0.4, 0.5) is 11.4 Å². The zero-order valence-corrected chi connectivity index (χ0v) is 21.6. The molecule has 2 aromatic carbocycles. The minimum atomic E-state index is 0.00157. The van der Waals surface area contributed by atoms with Gasteiger partial charge in [-0.25, -0.2) is 0 Å². The summed E-state index contributed by atoms with van der Waals surface area (Å²) < 4.78 is 5.51. The van der Waals surface area contributed by atoms with Crippen LogP contribution in [0.25, 0.3) is 10.9 Å². The molecule has 2 fully saturated rings. The number of nitrogens with one attached hydrogen (secondary N) is 1. The third kappa shape index (κ3) is 4.67. The molecular weight excluding hydrogens is 460 g/mol. The molecule has 7 heteroatoms. The number of benzene rings is 2. The number of ether oxygens (including phenoxy) is 1. The fourth-order valence-corrected chi connectivity index (χ4v) is 5.90. The van der Waals surface area contributed by atoms with E-state index >= 15 is 0 Å². The second-order valence-electron chi connectivity index (χ2n) is 10.2. The van der Waals surface area contributed by atoms with E-state index in [4.69, 9.17) is 22.1 Å². The Morgan fingerprint density at radius 1 is 1.11 bits per heavy atom. The Balaban J connectivity index is 1.41. The van der Waals surface area contributed by atoms with Gasteiger partial charge in [-0.05, 0) is 55.5 Å². The first-order chi connectivity index (χ1) is 16.8. The van der Waals surface area contributed by atoms with E-state index in [0.717, 1.165) is 80.1 Å². The molecule has 2 aliphatic rings. The number of nitrogens with two attached hydrogens (primary N) is 1. The number of hydrogen-bond donors (Lipinski definition) is 2. The smallest absolute Gasteiger partial charge is 0.195 e. The van der Waals surface area contributed by atoms with Crippen LogP contribution in [0.15, 0.2) is 30.3 Å². The first kappa shape index (κ1) is 24.2. The molecule has 35 heavy (non-hydrogen) atoms. The summed E-state index contributed by atoms with van der Waals surface area (Å²) in [5.41, 5.74) is 11.8. The maximum atomic E-state index is 13.9. The molecule has 2 aliphatic heterocycles. The van der Waals surface area contributed by atoms with E-state index in [1.54, 1.807) is 0 Å². The summed E-state index contributed by atoms with van der Waals surface area (Å²) in [6, 6.07) is 10.2. The Kier molecular flexibility index (Phi) is 6.80. The molecule has 5 rings (SSSR count). The second-order valence-corrected chi connectivity index (χ2v) is 10.6. The monoisotopic (exact) mass is 494 g/mol. The molecule has 2 saturated heterocycles. The minimum Gasteiger partial charge on any atom is -0.399 e. The summed E-state index contributed by atoms with van der Waals surface area (Å²) in [7, 11) is 0. The van der Waals surface area contributed by atoms with Crippen LogP contribution < -0.4 is 10.6 Å². The molecule has 3 N–H and O–H groups in total. The van der Waals surface area contributed by atoms with Crippen molar-refractivity contribution >= 4 is 39.7 Å². The number of carbonyl (C=O) groups is 1. The normalized spacial score (nSPS) is 18.0. The first-order valence-electron chi connectivity index (χ1n) is 12.7. The van der Waals surface area contributed by atoms with E-state index in [1.807, 2.05) is 31.2 Å². The average Bonchev–Trinajstić information content (AvgIpc) is 3.24. The minimum absolute atomic E-state index is 0.00157. The van der Waals surface area contributed by atoms with Crippen molar-refractivity contribution in [3.63, 3.8) is 0 Å². The Bertz CT molecular complexity index is 1240. The van der Waals surface area contributed by atoms with Gasteiger partial charge in [-0.15, -0.1) is 0 Å². The molecule has 0 radical (unpaired) electrons. The summed E-state index contributed by atoms with van der Waals surface area (Å²) in [4.78, 5) is 22.2. The first-order valence-corrected chi connectivity index (χ1v) is 13.0. The number of morpholine rings is 1. The molecule has 0 unspecified atom stereocenters. The largest absolute Gasteiger partial charge is 0.399 e. The van der Waals surface area contributed by atoms with Crippen LogP contribution in [-0.2, 0) is 4.74 Å². The average molecular weight is 495 g/mol. The highest BCUT2D eigenvalue weighted by Crippen LogP contribution is 2.36. The van der Waals surface area contributed by atoms with Gasteiger partial charge in [0, 0.05) is 60.1 Å². The Morgan fingerprint density at radius 2 is 1.83 bits per heavy atom. The number of halogens is 1. The maximum Gasteiger partial charge on any atom is 0.195 e. The number of H-pyrrole nitrogens is 1. The van der Waals surface area contributed by atoms with Crippen molar-refractivity contribution in [1.82, 2.24) is 9.88 Å². The number of aromatic nitrogens is 1. The lowest BCUT2D eigenvalue weighted by Crippen LogP contribution is -2.49. The van der Waals surface area contributed by atoms with Crippen LogP contribution in [0.1, 0.15) is 59.8 Å². The molecule has 0 saturated carbocycles. The van der Waals surface area contributed by atoms with E-state index in [9.17, 15) is 4.79 Å². The lowest BCUT2D eigenvalue weighted by atomic mass is 9.93. The number of rotatable bonds is 5. The number of nitrogen functional groups attached to an aromatic ring is 1. The third-order valence-corrected chi connectivity index (χ3v) is 7.86. The standard InChI is InChI=1S/C28H35ClN4O2/c1-17(2)27-26(21-5-4-19(30)15-24(21)31-27)28(34)22-16-23(29)25(14-18(22)3)33-8-6-20(7-9-33)32-10-12-35-13-11-32/h4-5,14-17,20,31H,6-13,30H2,1-3H3. The maximum absolute atomic E-state index is 13.9. The van der Waals surface area contributed by atoms with E-state index in [-0.39, 0.29) is 11.7 Å². The van der Waals surface area contributed by atoms with E-state index in [0.29, 0.717) is 27.9 Å².